The molecule has 0 aliphatic rings. The van der Waals surface area contributed by atoms with Crippen molar-refractivity contribution in [1.29, 1.82) is 0 Å². The topological polar surface area (TPSA) is 114 Å². The highest BCUT2D eigenvalue weighted by Crippen LogP contribution is 2.42. The smallest absolute Gasteiger partial charge is 0.329 e. The molecule has 0 bridgehead atoms. The molecule has 0 saturated carbocycles. The normalized spacial score (nSPS) is 12.6. The fraction of sp³-hybridized carbons (Fsp3) is 0.350. The zero-order valence-electron chi connectivity index (χ0n) is 28.1. The Bertz CT molecular complexity index is 1540. The van der Waals surface area contributed by atoms with Crippen LogP contribution in [0.3, 0.4) is 0 Å². The van der Waals surface area contributed by atoms with E-state index < -0.39 is 17.1 Å². The number of aliphatic hydroxyl groups excluding tert-OH is 1. The first kappa shape index (κ1) is 36.2. The summed E-state index contributed by atoms with van der Waals surface area (Å²) in [5.41, 5.74) is 2.45. The number of hydrogen-bond donors (Lipinski definition) is 3. The molecule has 4 rings (SSSR count). The maximum Gasteiger partial charge on any atom is 0.329 e. The highest BCUT2D eigenvalue weighted by atomic mass is 16.5. The van der Waals surface area contributed by atoms with E-state index >= 15 is 0 Å². The highest BCUT2D eigenvalue weighted by molar-refractivity contribution is 5.82. The summed E-state index contributed by atoms with van der Waals surface area (Å²) < 4.78 is 18.0. The van der Waals surface area contributed by atoms with Crippen LogP contribution in [0, 0.1) is 0 Å². The van der Waals surface area contributed by atoms with Gasteiger partial charge in [0.15, 0.2) is 0 Å². The average molecular weight is 654 g/mol. The molecule has 0 saturated heterocycles. The lowest BCUT2D eigenvalue weighted by atomic mass is 9.80. The predicted molar refractivity (Wildman–Crippen MR) is 188 cm³/mol. The summed E-state index contributed by atoms with van der Waals surface area (Å²) in [6.45, 7) is 1.63. The second kappa shape index (κ2) is 17.5. The van der Waals surface area contributed by atoms with Crippen molar-refractivity contribution in [1.82, 2.24) is 0 Å². The number of carboxylic acids is 1. The first-order chi connectivity index (χ1) is 23.3. The van der Waals surface area contributed by atoms with Gasteiger partial charge in [-0.05, 0) is 84.0 Å². The number of methoxy groups -OCH3 is 2. The number of rotatable bonds is 20. The van der Waals surface area contributed by atoms with Crippen molar-refractivity contribution in [2.75, 3.05) is 19.5 Å². The molecule has 8 nitrogen and oxygen atoms in total. The number of benzene rings is 4. The van der Waals surface area contributed by atoms with Crippen molar-refractivity contribution in [2.24, 2.45) is 0 Å². The minimum atomic E-state index is -1.21. The maximum atomic E-state index is 12.5. The predicted octanol–water partition coefficient (Wildman–Crippen LogP) is 7.89. The molecule has 254 valence electrons. The summed E-state index contributed by atoms with van der Waals surface area (Å²) in [5, 5.41) is 23.7. The molecule has 0 aliphatic heterocycles. The number of anilines is 1. The monoisotopic (exact) mass is 653 g/mol. The molecular formula is C40H47NO7. The van der Waals surface area contributed by atoms with Crippen molar-refractivity contribution in [3.05, 3.63) is 125 Å². The first-order valence-electron chi connectivity index (χ1n) is 16.5. The third kappa shape index (κ3) is 9.02. The van der Waals surface area contributed by atoms with E-state index in [4.69, 9.17) is 14.2 Å². The Balaban J connectivity index is 1.68. The Labute approximate surface area is 283 Å². The van der Waals surface area contributed by atoms with Crippen LogP contribution >= 0.6 is 0 Å². The van der Waals surface area contributed by atoms with Crippen molar-refractivity contribution >= 4 is 17.9 Å². The van der Waals surface area contributed by atoms with Crippen LogP contribution in [-0.2, 0) is 33.1 Å². The van der Waals surface area contributed by atoms with Crippen LogP contribution in [0.25, 0.3) is 0 Å². The number of carbonyl (C=O) groups excluding carboxylic acids is 1. The molecule has 0 fully saturated rings. The molecule has 0 aromatic heterocycles. The zero-order valence-corrected chi connectivity index (χ0v) is 28.1. The second-order valence-corrected chi connectivity index (χ2v) is 12.2. The third-order valence-corrected chi connectivity index (χ3v) is 8.75. The highest BCUT2D eigenvalue weighted by Gasteiger charge is 2.38. The number of aldehydes is 1. The van der Waals surface area contributed by atoms with Gasteiger partial charge in [0.05, 0.1) is 27.4 Å². The summed E-state index contributed by atoms with van der Waals surface area (Å²) >= 11 is 0. The molecule has 0 heterocycles. The summed E-state index contributed by atoms with van der Waals surface area (Å²) in [7, 11) is 3.26. The molecule has 1 atom stereocenters. The van der Waals surface area contributed by atoms with E-state index in [0.29, 0.717) is 24.1 Å². The SMILES string of the molecule is COc1ccc(C(OCc2cc(CO)cc(NC(C)(CCCCCCCC=O)C(=O)O)c2)(c2ccccc2)c2ccc(OC)cc2)cc1. The van der Waals surface area contributed by atoms with Gasteiger partial charge in [0.1, 0.15) is 28.9 Å². The number of carboxylic acid groups (broad SMARTS) is 1. The van der Waals surface area contributed by atoms with Gasteiger partial charge in [0, 0.05) is 12.1 Å². The van der Waals surface area contributed by atoms with E-state index in [1.807, 2.05) is 91.0 Å². The van der Waals surface area contributed by atoms with Gasteiger partial charge in [-0.3, -0.25) is 0 Å². The van der Waals surface area contributed by atoms with Gasteiger partial charge in [0.25, 0.3) is 0 Å². The summed E-state index contributed by atoms with van der Waals surface area (Å²) in [5.74, 6) is 0.500. The molecule has 8 heteroatoms. The van der Waals surface area contributed by atoms with Crippen LogP contribution in [0.2, 0.25) is 0 Å². The molecule has 0 aliphatic carbocycles. The van der Waals surface area contributed by atoms with E-state index in [2.05, 4.69) is 5.32 Å². The Morgan fingerprint density at radius 3 is 1.83 bits per heavy atom. The molecular weight excluding hydrogens is 606 g/mol. The molecule has 0 radical (unpaired) electrons. The lowest BCUT2D eigenvalue weighted by molar-refractivity contribution is -0.142. The summed E-state index contributed by atoms with van der Waals surface area (Å²) in [4.78, 5) is 23.1. The fourth-order valence-corrected chi connectivity index (χ4v) is 6.05. The largest absolute Gasteiger partial charge is 0.497 e. The van der Waals surface area contributed by atoms with Crippen LogP contribution in [0.1, 0.15) is 79.7 Å². The zero-order chi connectivity index (χ0) is 34.4. The number of aliphatic carboxylic acids is 1. The number of carbonyl (C=O) groups is 2. The Morgan fingerprint density at radius 2 is 1.29 bits per heavy atom. The average Bonchev–Trinajstić information content (AvgIpc) is 3.12. The lowest BCUT2D eigenvalue weighted by Crippen LogP contribution is -2.43. The Morgan fingerprint density at radius 1 is 0.750 bits per heavy atom. The first-order valence-corrected chi connectivity index (χ1v) is 16.5. The molecule has 0 amide bonds. The van der Waals surface area contributed by atoms with Gasteiger partial charge in [-0.1, -0.05) is 86.3 Å². The van der Waals surface area contributed by atoms with Gasteiger partial charge in [-0.2, -0.15) is 0 Å². The van der Waals surface area contributed by atoms with Crippen LogP contribution in [0.15, 0.2) is 97.1 Å². The van der Waals surface area contributed by atoms with Crippen LogP contribution in [0.4, 0.5) is 5.69 Å². The van der Waals surface area contributed by atoms with E-state index in [9.17, 15) is 19.8 Å². The van der Waals surface area contributed by atoms with Crippen molar-refractivity contribution in [3.8, 4) is 11.5 Å². The van der Waals surface area contributed by atoms with Crippen LogP contribution < -0.4 is 14.8 Å². The number of nitrogens with one attached hydrogen (secondary N) is 1. The molecule has 4 aromatic carbocycles. The van der Waals surface area contributed by atoms with Crippen molar-refractivity contribution < 1.29 is 34.0 Å². The second-order valence-electron chi connectivity index (χ2n) is 12.2. The van der Waals surface area contributed by atoms with Crippen molar-refractivity contribution in [3.63, 3.8) is 0 Å². The Hall–Kier alpha value is -4.66. The quantitative estimate of drug-likeness (QED) is 0.0501. The molecule has 4 aromatic rings. The lowest BCUT2D eigenvalue weighted by Gasteiger charge is -2.36. The molecule has 0 spiro atoms. The number of ether oxygens (including phenoxy) is 3. The summed E-state index contributed by atoms with van der Waals surface area (Å²) in [6, 6.07) is 31.1. The minimum Gasteiger partial charge on any atom is -0.497 e. The maximum absolute atomic E-state index is 12.5. The third-order valence-electron chi connectivity index (χ3n) is 8.75. The van der Waals surface area contributed by atoms with E-state index in [-0.39, 0.29) is 13.2 Å². The van der Waals surface area contributed by atoms with Crippen molar-refractivity contribution in [2.45, 2.75) is 76.2 Å². The number of hydrogen-bond acceptors (Lipinski definition) is 7. The number of aliphatic hydroxyl groups is 1. The fourth-order valence-electron chi connectivity index (χ4n) is 6.05. The Kier molecular flexibility index (Phi) is 13.2. The van der Waals surface area contributed by atoms with Gasteiger partial charge >= 0.3 is 5.97 Å². The summed E-state index contributed by atoms with van der Waals surface area (Å²) in [6.07, 6.45) is 6.31. The van der Waals surface area contributed by atoms with E-state index in [1.54, 1.807) is 27.2 Å². The van der Waals surface area contributed by atoms with E-state index in [1.165, 1.54) is 0 Å². The standard InChI is InChI=1S/C40H47NO7/c1-39(38(44)45,23-11-6-4-5-7-12-24-42)41-35-26-30(28-43)25-31(27-35)29-48-40(32-13-9-8-10-14-32,33-15-19-36(46-2)20-16-33)34-17-21-37(47-3)22-18-34/h8-10,13-22,24-27,41,43H,4-7,11-12,23,28-29H2,1-3H3,(H,44,45). The molecule has 1 unspecified atom stereocenters. The molecule has 3 N–H and O–H groups in total. The van der Waals surface area contributed by atoms with Crippen LogP contribution in [-0.4, -0.2) is 42.2 Å². The minimum absolute atomic E-state index is 0.153. The van der Waals surface area contributed by atoms with Gasteiger partial charge in [0.2, 0.25) is 0 Å². The van der Waals surface area contributed by atoms with Gasteiger partial charge < -0.3 is 34.5 Å². The van der Waals surface area contributed by atoms with E-state index in [0.717, 1.165) is 72.1 Å². The number of unbranched alkanes of at least 4 members (excludes halogenated alkanes) is 5. The van der Waals surface area contributed by atoms with Gasteiger partial charge in [-0.15, -0.1) is 0 Å². The van der Waals surface area contributed by atoms with Gasteiger partial charge in [-0.25, -0.2) is 4.79 Å². The molecule has 48 heavy (non-hydrogen) atoms. The van der Waals surface area contributed by atoms with Crippen LogP contribution in [0.5, 0.6) is 11.5 Å².